The molecule has 2 rings (SSSR count). The number of ketones is 1. The molecule has 1 atom stereocenters. The first-order chi connectivity index (χ1) is 16.9. The molecule has 1 aromatic carbocycles. The first kappa shape index (κ1) is 28.2. The quantitative estimate of drug-likeness (QED) is 0.329. The lowest BCUT2D eigenvalue weighted by Gasteiger charge is -2.11. The third-order valence-electron chi connectivity index (χ3n) is 4.96. The average Bonchev–Trinajstić information content (AvgIpc) is 2.81. The zero-order valence-corrected chi connectivity index (χ0v) is 19.8. The lowest BCUT2D eigenvalue weighted by molar-refractivity contribution is -0.153. The molecule has 0 aliphatic heterocycles. The van der Waals surface area contributed by atoms with Crippen molar-refractivity contribution in [3.8, 4) is 11.5 Å². The van der Waals surface area contributed by atoms with Gasteiger partial charge in [0, 0.05) is 18.2 Å². The van der Waals surface area contributed by atoms with Gasteiger partial charge in [-0.1, -0.05) is 25.1 Å². The molecule has 0 spiro atoms. The number of carbonyl (C=O) groups excluding carboxylic acids is 2. The van der Waals surface area contributed by atoms with Crippen LogP contribution in [0.25, 0.3) is 6.08 Å². The van der Waals surface area contributed by atoms with Crippen molar-refractivity contribution in [2.24, 2.45) is 0 Å². The van der Waals surface area contributed by atoms with Crippen molar-refractivity contribution in [3.05, 3.63) is 75.5 Å². The Labute approximate surface area is 205 Å². The zero-order chi connectivity index (χ0) is 26.9. The summed E-state index contributed by atoms with van der Waals surface area (Å²) < 4.78 is 51.1. The zero-order valence-electron chi connectivity index (χ0n) is 19.8. The van der Waals surface area contributed by atoms with Crippen molar-refractivity contribution in [3.63, 3.8) is 0 Å². The Hall–Kier alpha value is -4.02. The molecule has 0 radical (unpaired) electrons. The van der Waals surface area contributed by atoms with Crippen LogP contribution in [0.5, 0.6) is 11.5 Å². The van der Waals surface area contributed by atoms with Crippen LogP contribution in [0.2, 0.25) is 0 Å². The summed E-state index contributed by atoms with van der Waals surface area (Å²) in [4.78, 5) is 36.2. The lowest BCUT2D eigenvalue weighted by atomic mass is 9.99. The minimum atomic E-state index is -4.46. The predicted octanol–water partition coefficient (Wildman–Crippen LogP) is 5.33. The van der Waals surface area contributed by atoms with Gasteiger partial charge in [0.15, 0.2) is 12.4 Å². The molecule has 11 heteroatoms. The average molecular weight is 509 g/mol. The van der Waals surface area contributed by atoms with Crippen molar-refractivity contribution in [1.82, 2.24) is 5.32 Å². The summed E-state index contributed by atoms with van der Waals surface area (Å²) in [5.74, 6) is -1.35. The number of alkyl halides is 3. The number of nitrogens with one attached hydrogen (secondary N) is 1. The van der Waals surface area contributed by atoms with Crippen LogP contribution >= 0.6 is 0 Å². The van der Waals surface area contributed by atoms with E-state index >= 15 is 0 Å². The predicted molar refractivity (Wildman–Crippen MR) is 125 cm³/mol. The molecule has 1 unspecified atom stereocenters. The van der Waals surface area contributed by atoms with E-state index < -0.39 is 41.6 Å². The highest BCUT2D eigenvalue weighted by Gasteiger charge is 2.28. The molecule has 36 heavy (non-hydrogen) atoms. The Morgan fingerprint density at radius 1 is 1.22 bits per heavy atom. The van der Waals surface area contributed by atoms with E-state index in [2.05, 4.69) is 14.8 Å². The van der Waals surface area contributed by atoms with E-state index in [0.717, 1.165) is 0 Å². The second-order valence-corrected chi connectivity index (χ2v) is 7.84. The molecule has 1 aromatic heterocycles. The van der Waals surface area contributed by atoms with Crippen molar-refractivity contribution in [2.45, 2.75) is 38.8 Å². The van der Waals surface area contributed by atoms with Gasteiger partial charge in [-0.15, -0.1) is 0 Å². The number of hydrogen-bond donors (Lipinski definition) is 2. The second kappa shape index (κ2) is 12.6. The summed E-state index contributed by atoms with van der Waals surface area (Å²) in [5.41, 5.74) is -0.935. The highest BCUT2D eigenvalue weighted by atomic mass is 19.4. The van der Waals surface area contributed by atoms with Gasteiger partial charge in [0.2, 0.25) is 0 Å². The Balaban J connectivity index is 2.08. The molecule has 0 saturated heterocycles. The van der Waals surface area contributed by atoms with Crippen molar-refractivity contribution in [2.75, 3.05) is 13.7 Å². The third kappa shape index (κ3) is 8.64. The normalized spacial score (nSPS) is 12.9. The van der Waals surface area contributed by atoms with Gasteiger partial charge in [0.1, 0.15) is 22.8 Å². The fourth-order valence-corrected chi connectivity index (χ4v) is 3.05. The number of rotatable bonds is 10. The minimum Gasteiger partial charge on any atom is -0.507 e. The van der Waals surface area contributed by atoms with E-state index in [1.807, 2.05) is 0 Å². The topological polar surface area (TPSA) is 115 Å². The van der Waals surface area contributed by atoms with E-state index in [4.69, 9.17) is 4.42 Å². The molecule has 0 fully saturated rings. The van der Waals surface area contributed by atoms with Gasteiger partial charge in [0.25, 0.3) is 0 Å². The summed E-state index contributed by atoms with van der Waals surface area (Å²) in [6.45, 7) is 1.78. The molecule has 1 heterocycles. The first-order valence-corrected chi connectivity index (χ1v) is 10.8. The molecule has 1 amide bonds. The molecule has 2 aromatic rings. The van der Waals surface area contributed by atoms with E-state index in [-0.39, 0.29) is 23.0 Å². The number of ether oxygens (including phenoxy) is 2. The first-order valence-electron chi connectivity index (χ1n) is 10.8. The summed E-state index contributed by atoms with van der Waals surface area (Å²) in [6, 6.07) is 6.75. The number of benzene rings is 1. The monoisotopic (exact) mass is 509 g/mol. The number of aromatic hydroxyl groups is 1. The molecule has 0 bridgehead atoms. The Bertz CT molecular complexity index is 1180. The van der Waals surface area contributed by atoms with E-state index in [1.165, 1.54) is 56.6 Å². The maximum atomic E-state index is 12.8. The number of alkyl carbamates (subject to hydrolysis) is 1. The van der Waals surface area contributed by atoms with Crippen LogP contribution in [0.4, 0.5) is 18.0 Å². The number of allylic oxidation sites excluding steroid dienone is 2. The number of halogens is 3. The number of methoxy groups -OCH3 is 1. The Morgan fingerprint density at radius 3 is 2.47 bits per heavy atom. The van der Waals surface area contributed by atoms with Gasteiger partial charge in [-0.3, -0.25) is 10.1 Å². The van der Waals surface area contributed by atoms with Gasteiger partial charge >= 0.3 is 17.9 Å². The fourth-order valence-electron chi connectivity index (χ4n) is 3.05. The summed E-state index contributed by atoms with van der Waals surface area (Å²) in [6.07, 6.45) is 0.512. The maximum Gasteiger partial charge on any atom is 0.422 e. The van der Waals surface area contributed by atoms with Crippen LogP contribution < -0.4 is 15.7 Å². The molecule has 8 nitrogen and oxygen atoms in total. The smallest absolute Gasteiger partial charge is 0.422 e. The van der Waals surface area contributed by atoms with Gasteiger partial charge in [-0.05, 0) is 49.1 Å². The van der Waals surface area contributed by atoms with Gasteiger partial charge in [-0.2, -0.15) is 13.2 Å². The Morgan fingerprint density at radius 2 is 1.89 bits per heavy atom. The fraction of sp³-hybridized carbons (Fsp3) is 0.320. The number of hydrogen-bond acceptors (Lipinski definition) is 7. The standard InChI is InChI=1S/C25H26F3NO7/c1-15(6-4-5-11-29-24(33)34-3)20-13-19(30)21(23(32)36-20)22(31)16(2)12-17-7-9-18(10-8-17)35-14-25(26,27)28/h5,7-13,15,30H,4,6,14H2,1-3H3,(H,29,33)/b11-5+,16-12?. The SMILES string of the molecule is COC(=O)N/C=C/CCC(C)c1cc(O)c(C(=O)C(C)=Cc2ccc(OCC(F)(F)F)cc2)c(=O)o1. The summed E-state index contributed by atoms with van der Waals surface area (Å²) in [5, 5.41) is 12.8. The molecular formula is C25H26F3NO7. The van der Waals surface area contributed by atoms with Gasteiger partial charge < -0.3 is 19.0 Å². The van der Waals surface area contributed by atoms with Crippen LogP contribution in [-0.2, 0) is 4.74 Å². The highest BCUT2D eigenvalue weighted by Crippen LogP contribution is 2.26. The van der Waals surface area contributed by atoms with Crippen LogP contribution in [0.1, 0.15) is 54.3 Å². The van der Waals surface area contributed by atoms with Crippen LogP contribution in [0.15, 0.2) is 57.4 Å². The van der Waals surface area contributed by atoms with Crippen LogP contribution in [0.3, 0.4) is 0 Å². The van der Waals surface area contributed by atoms with Gasteiger partial charge in [0.05, 0.1) is 7.11 Å². The summed E-state index contributed by atoms with van der Waals surface area (Å²) in [7, 11) is 1.24. The molecule has 194 valence electrons. The van der Waals surface area contributed by atoms with Crippen LogP contribution in [-0.4, -0.2) is 36.9 Å². The molecular weight excluding hydrogens is 483 g/mol. The minimum absolute atomic E-state index is 0.00618. The lowest BCUT2D eigenvalue weighted by Crippen LogP contribution is -2.19. The summed E-state index contributed by atoms with van der Waals surface area (Å²) >= 11 is 0. The Kier molecular flexibility index (Phi) is 9.89. The number of Topliss-reactive ketones (excluding diaryl/α,β-unsaturated/α-hetero) is 1. The molecule has 0 saturated carbocycles. The second-order valence-electron chi connectivity index (χ2n) is 7.84. The van der Waals surface area contributed by atoms with E-state index in [9.17, 15) is 32.7 Å². The molecule has 2 N–H and O–H groups in total. The van der Waals surface area contributed by atoms with Gasteiger partial charge in [-0.25, -0.2) is 9.59 Å². The van der Waals surface area contributed by atoms with E-state index in [0.29, 0.717) is 18.4 Å². The third-order valence-corrected chi connectivity index (χ3v) is 4.96. The largest absolute Gasteiger partial charge is 0.507 e. The van der Waals surface area contributed by atoms with E-state index in [1.54, 1.807) is 13.0 Å². The number of carbonyl (C=O) groups is 2. The molecule has 0 aliphatic rings. The van der Waals surface area contributed by atoms with Crippen molar-refractivity contribution >= 4 is 18.0 Å². The maximum absolute atomic E-state index is 12.8. The van der Waals surface area contributed by atoms with Crippen LogP contribution in [0, 0.1) is 0 Å². The molecule has 0 aliphatic carbocycles. The van der Waals surface area contributed by atoms with Crippen molar-refractivity contribution in [1.29, 1.82) is 0 Å². The highest BCUT2D eigenvalue weighted by molar-refractivity contribution is 6.12. The van der Waals surface area contributed by atoms with Crippen molar-refractivity contribution < 1.29 is 41.8 Å². The number of amides is 1.